The summed E-state index contributed by atoms with van der Waals surface area (Å²) in [5.74, 6) is 0. The van der Waals surface area contributed by atoms with Crippen LogP contribution in [-0.2, 0) is 29.0 Å². The van der Waals surface area contributed by atoms with Gasteiger partial charge in [0.15, 0.2) is 0 Å². The Kier molecular flexibility index (Phi) is 44.5. The Balaban J connectivity index is -0.0000000133. The van der Waals surface area contributed by atoms with Crippen LogP contribution in [0.3, 0.4) is 0 Å². The molecule has 0 aromatic carbocycles. The summed E-state index contributed by atoms with van der Waals surface area (Å²) in [6, 6.07) is 0. The minimum atomic E-state index is -3.13. The van der Waals surface area contributed by atoms with Gasteiger partial charge in [-0.25, -0.2) is 0 Å². The molecule has 0 atom stereocenters. The third kappa shape index (κ3) is 102. The summed E-state index contributed by atoms with van der Waals surface area (Å²) in [6.45, 7) is 0. The molecule has 9 heavy (non-hydrogen) atoms. The third-order valence-corrected chi connectivity index (χ3v) is 0. The molecule has 66 valence electrons. The molecule has 0 radical (unpaired) electrons. The van der Waals surface area contributed by atoms with Crippen molar-refractivity contribution in [2.75, 3.05) is 0 Å². The molecule has 0 aromatic rings. The van der Waals surface area contributed by atoms with Crippen molar-refractivity contribution in [1.82, 2.24) is 6.15 Å². The Morgan fingerprint density at radius 2 is 0.778 bits per heavy atom. The fraction of sp³-hybridized carbons (Fsp3) is 0. The van der Waals surface area contributed by atoms with Crippen LogP contribution >= 0.6 is 62.5 Å². The molecule has 0 spiro atoms. The van der Waals surface area contributed by atoms with E-state index in [1.807, 2.05) is 0 Å². The second-order valence-corrected chi connectivity index (χ2v) is 18.6. The summed E-state index contributed by atoms with van der Waals surface area (Å²) < 4.78 is 0. The smallest absolute Gasteiger partial charge is 0 e. The van der Waals surface area contributed by atoms with E-state index in [0.29, 0.717) is 0 Å². The Morgan fingerprint density at radius 3 is 0.778 bits per heavy atom. The summed E-state index contributed by atoms with van der Waals surface area (Å²) in [6.07, 6.45) is 0. The summed E-state index contributed by atoms with van der Waals surface area (Å²) >= 11 is -3.13. The van der Waals surface area contributed by atoms with E-state index in [0.717, 1.165) is 0 Å². The van der Waals surface area contributed by atoms with Crippen LogP contribution in [0, 0.1) is 0 Å². The predicted octanol–water partition coefficient (Wildman–Crippen LogP) is 3.76. The molecule has 0 rings (SSSR count). The first-order valence-corrected chi connectivity index (χ1v) is 11.0. The molecule has 0 heterocycles. The molecular weight excluding hydrogens is 379 g/mol. The van der Waals surface area contributed by atoms with Gasteiger partial charge in [0.25, 0.3) is 0 Å². The molecule has 1 nitrogen and oxygen atoms in total. The molecule has 0 bridgehead atoms. The second kappa shape index (κ2) is 13.5. The quantitative estimate of drug-likeness (QED) is 0.635. The van der Waals surface area contributed by atoms with Crippen molar-refractivity contribution in [2.45, 2.75) is 0 Å². The zero-order valence-electron chi connectivity index (χ0n) is 3.80. The van der Waals surface area contributed by atoms with Crippen molar-refractivity contribution >= 4 is 62.5 Å². The van der Waals surface area contributed by atoms with Gasteiger partial charge in [-0.1, -0.05) is 0 Å². The number of hydrogen-bond donors (Lipinski definition) is 1. The minimum absolute atomic E-state index is 0. The fourth-order valence-corrected chi connectivity index (χ4v) is 0. The standard InChI is InChI=1S/6ClH.Fe.Mo.H3N/h6*1H;;;1H3/q;;;;;;;+4;/p-4. The summed E-state index contributed by atoms with van der Waals surface area (Å²) in [4.78, 5) is 0. The van der Waals surface area contributed by atoms with Crippen molar-refractivity contribution in [3.63, 3.8) is 0 Å². The average molecular weight is 384 g/mol. The fourth-order valence-electron chi connectivity index (χ4n) is 0. The van der Waals surface area contributed by atoms with Crippen molar-refractivity contribution in [3.05, 3.63) is 0 Å². The maximum absolute atomic E-state index is 5.02. The number of halogens is 6. The first-order valence-electron chi connectivity index (χ1n) is 0.617. The van der Waals surface area contributed by atoms with Crippen LogP contribution in [0.25, 0.3) is 0 Å². The third-order valence-electron chi connectivity index (χ3n) is 0. The van der Waals surface area contributed by atoms with Crippen molar-refractivity contribution in [1.29, 1.82) is 0 Å². The van der Waals surface area contributed by atoms with Gasteiger partial charge in [0.2, 0.25) is 0 Å². The maximum atomic E-state index is 5.02. The van der Waals surface area contributed by atoms with E-state index >= 15 is 0 Å². The molecule has 0 aliphatic carbocycles. The van der Waals surface area contributed by atoms with Crippen LogP contribution in [0.2, 0.25) is 0 Å². The number of hydrogen-bond acceptors (Lipinski definition) is 1. The SMILES string of the molecule is Cl.Cl.N.[Cl][Mo]([Cl])([Cl])[Cl].[Fe]. The Labute approximate surface area is 96.3 Å². The van der Waals surface area contributed by atoms with E-state index < -0.39 is 11.9 Å². The molecule has 0 fully saturated rings. The zero-order chi connectivity index (χ0) is 4.50. The molecule has 0 saturated carbocycles. The van der Waals surface area contributed by atoms with E-state index in [4.69, 9.17) is 37.7 Å². The van der Waals surface area contributed by atoms with Crippen LogP contribution in [-0.4, -0.2) is 0 Å². The van der Waals surface area contributed by atoms with Gasteiger partial charge < -0.3 is 6.15 Å². The summed E-state index contributed by atoms with van der Waals surface area (Å²) in [5, 5.41) is 0. The van der Waals surface area contributed by atoms with E-state index in [9.17, 15) is 0 Å². The molecule has 3 N–H and O–H groups in total. The van der Waals surface area contributed by atoms with Gasteiger partial charge in [-0.15, -0.1) is 24.8 Å². The molecular formula is H5Cl6FeMoN. The first-order chi connectivity index (χ1) is 2.00. The van der Waals surface area contributed by atoms with Crippen molar-refractivity contribution in [3.8, 4) is 0 Å². The van der Waals surface area contributed by atoms with Crippen molar-refractivity contribution in [2.24, 2.45) is 0 Å². The van der Waals surface area contributed by atoms with Gasteiger partial charge in [-0.3, -0.25) is 0 Å². The van der Waals surface area contributed by atoms with Gasteiger partial charge >= 0.3 is 49.6 Å². The van der Waals surface area contributed by atoms with Crippen LogP contribution in [0.1, 0.15) is 0 Å². The maximum Gasteiger partial charge on any atom is 0 e. The Hall–Kier alpha value is 2.91. The van der Waals surface area contributed by atoms with E-state index in [2.05, 4.69) is 0 Å². The molecule has 9 heteroatoms. The monoisotopic (exact) mass is 383 g/mol. The Morgan fingerprint density at radius 1 is 0.778 bits per heavy atom. The van der Waals surface area contributed by atoms with Gasteiger partial charge in [0, 0.05) is 17.1 Å². The van der Waals surface area contributed by atoms with E-state index in [-0.39, 0.29) is 48.0 Å². The van der Waals surface area contributed by atoms with Crippen LogP contribution in [0.4, 0.5) is 0 Å². The zero-order valence-corrected chi connectivity index (χ0v) is 11.6. The molecule has 0 aromatic heterocycles. The van der Waals surface area contributed by atoms with Gasteiger partial charge in [0.05, 0.1) is 0 Å². The number of rotatable bonds is 0. The predicted molar refractivity (Wildman–Crippen MR) is 42.9 cm³/mol. The average Bonchev–Trinajstić information content (AvgIpc) is 0.722. The van der Waals surface area contributed by atoms with Crippen molar-refractivity contribution < 1.29 is 29.0 Å². The van der Waals surface area contributed by atoms with E-state index in [1.165, 1.54) is 0 Å². The molecule has 0 aliphatic rings. The van der Waals surface area contributed by atoms with Gasteiger partial charge in [-0.2, -0.15) is 0 Å². The first kappa shape index (κ1) is 29.7. The molecule has 0 unspecified atom stereocenters. The summed E-state index contributed by atoms with van der Waals surface area (Å²) in [5.41, 5.74) is 0. The Bertz CT molecular complexity index is 28.5. The van der Waals surface area contributed by atoms with Gasteiger partial charge in [0.1, 0.15) is 0 Å². The molecule has 0 saturated heterocycles. The normalized spacial score (nSPS) is 8.44. The second-order valence-electron chi connectivity index (χ2n) is 0.350. The van der Waals surface area contributed by atoms with Gasteiger partial charge in [-0.05, 0) is 0 Å². The summed E-state index contributed by atoms with van der Waals surface area (Å²) in [7, 11) is 20.1. The van der Waals surface area contributed by atoms with E-state index in [1.54, 1.807) is 0 Å². The van der Waals surface area contributed by atoms with Crippen LogP contribution in [0.15, 0.2) is 0 Å². The van der Waals surface area contributed by atoms with Crippen LogP contribution in [0.5, 0.6) is 0 Å². The largest absolute Gasteiger partial charge is 0 e. The topological polar surface area (TPSA) is 35.0 Å². The molecule has 0 amide bonds. The minimum Gasteiger partial charge on any atom is 0 e. The van der Waals surface area contributed by atoms with Crippen LogP contribution < -0.4 is 6.15 Å². The molecule has 0 aliphatic heterocycles.